The molecule has 4 nitrogen and oxygen atoms in total. The minimum Gasteiger partial charge on any atom is -0.375 e. The van der Waals surface area contributed by atoms with Crippen LogP contribution in [-0.2, 0) is 0 Å². The van der Waals surface area contributed by atoms with Gasteiger partial charge in [-0.05, 0) is 18.6 Å². The van der Waals surface area contributed by atoms with E-state index in [1.54, 1.807) is 7.05 Å². The number of alkyl halides is 3. The molecule has 2 N–H and O–H groups in total. The maximum Gasteiger partial charge on any atom is 0.390 e. The molecule has 1 rings (SSSR count). The number of para-hydroxylation sites is 1. The highest BCUT2D eigenvalue weighted by atomic mass is 127. The Hall–Kier alpha value is -1.19. The first-order chi connectivity index (χ1) is 10.4. The maximum absolute atomic E-state index is 12.1. The molecule has 1 aromatic carbocycles. The van der Waals surface area contributed by atoms with E-state index in [0.29, 0.717) is 12.5 Å². The first-order valence-electron chi connectivity index (χ1n) is 7.20. The minimum absolute atomic E-state index is 0. The van der Waals surface area contributed by atoms with Gasteiger partial charge in [-0.25, -0.2) is 0 Å². The van der Waals surface area contributed by atoms with Crippen LogP contribution in [0, 0.1) is 0 Å². The SMILES string of the molecule is CN=C(NCCCN(C)c1ccccc1)NCCC(F)(F)F.I. The molecule has 0 aliphatic rings. The molecule has 0 spiro atoms. The fourth-order valence-corrected chi connectivity index (χ4v) is 1.88. The van der Waals surface area contributed by atoms with E-state index in [9.17, 15) is 13.2 Å². The van der Waals surface area contributed by atoms with Gasteiger partial charge >= 0.3 is 6.18 Å². The van der Waals surface area contributed by atoms with Crippen LogP contribution in [0.15, 0.2) is 35.3 Å². The molecule has 0 bridgehead atoms. The number of aliphatic imine (C=N–C) groups is 1. The van der Waals surface area contributed by atoms with Crippen LogP contribution in [0.1, 0.15) is 12.8 Å². The molecular weight excluding hydrogens is 420 g/mol. The van der Waals surface area contributed by atoms with Crippen LogP contribution >= 0.6 is 24.0 Å². The predicted octanol–water partition coefficient (Wildman–Crippen LogP) is 3.25. The highest BCUT2D eigenvalue weighted by Gasteiger charge is 2.26. The summed E-state index contributed by atoms with van der Waals surface area (Å²) in [5.74, 6) is 0.395. The molecule has 0 amide bonds. The molecule has 0 aliphatic carbocycles. The van der Waals surface area contributed by atoms with Crippen molar-refractivity contribution in [3.63, 3.8) is 0 Å². The van der Waals surface area contributed by atoms with Crippen LogP contribution in [0.2, 0.25) is 0 Å². The summed E-state index contributed by atoms with van der Waals surface area (Å²) in [6.45, 7) is 1.31. The van der Waals surface area contributed by atoms with Crippen LogP contribution < -0.4 is 15.5 Å². The quantitative estimate of drug-likeness (QED) is 0.294. The maximum atomic E-state index is 12.1. The van der Waals surface area contributed by atoms with Gasteiger partial charge in [-0.1, -0.05) is 18.2 Å². The van der Waals surface area contributed by atoms with E-state index in [4.69, 9.17) is 0 Å². The first kappa shape index (κ1) is 21.8. The first-order valence-corrected chi connectivity index (χ1v) is 7.20. The molecule has 0 aliphatic heterocycles. The van der Waals surface area contributed by atoms with Crippen molar-refractivity contribution < 1.29 is 13.2 Å². The van der Waals surface area contributed by atoms with Gasteiger partial charge in [0.25, 0.3) is 0 Å². The van der Waals surface area contributed by atoms with E-state index in [1.807, 2.05) is 37.4 Å². The van der Waals surface area contributed by atoms with Gasteiger partial charge in [-0.3, -0.25) is 4.99 Å². The molecule has 23 heavy (non-hydrogen) atoms. The average Bonchev–Trinajstić information content (AvgIpc) is 2.49. The average molecular weight is 444 g/mol. The Morgan fingerprint density at radius 3 is 2.30 bits per heavy atom. The minimum atomic E-state index is -4.15. The van der Waals surface area contributed by atoms with Crippen molar-refractivity contribution in [2.24, 2.45) is 4.99 Å². The molecule has 0 heterocycles. The molecule has 1 aromatic rings. The van der Waals surface area contributed by atoms with Crippen LogP contribution in [-0.4, -0.2) is 45.9 Å². The zero-order chi connectivity index (χ0) is 16.4. The van der Waals surface area contributed by atoms with Gasteiger partial charge in [0.1, 0.15) is 0 Å². The normalized spacial score (nSPS) is 11.6. The van der Waals surface area contributed by atoms with Gasteiger partial charge in [0.2, 0.25) is 0 Å². The highest BCUT2D eigenvalue weighted by molar-refractivity contribution is 14.0. The molecule has 132 valence electrons. The molecule has 0 radical (unpaired) electrons. The van der Waals surface area contributed by atoms with Crippen LogP contribution in [0.5, 0.6) is 0 Å². The van der Waals surface area contributed by atoms with Crippen LogP contribution in [0.4, 0.5) is 18.9 Å². The molecule has 0 saturated heterocycles. The van der Waals surface area contributed by atoms with Crippen molar-refractivity contribution in [1.29, 1.82) is 0 Å². The number of halogens is 4. The van der Waals surface area contributed by atoms with E-state index in [2.05, 4.69) is 20.5 Å². The van der Waals surface area contributed by atoms with E-state index in [-0.39, 0.29) is 30.5 Å². The van der Waals surface area contributed by atoms with Gasteiger partial charge in [0.15, 0.2) is 5.96 Å². The van der Waals surface area contributed by atoms with Crippen LogP contribution in [0.3, 0.4) is 0 Å². The number of nitrogens with zero attached hydrogens (tertiary/aromatic N) is 2. The molecule has 0 unspecified atom stereocenters. The molecule has 0 aromatic heterocycles. The van der Waals surface area contributed by atoms with Crippen molar-refractivity contribution >= 4 is 35.6 Å². The zero-order valence-corrected chi connectivity index (χ0v) is 15.7. The lowest BCUT2D eigenvalue weighted by Crippen LogP contribution is -2.40. The Kier molecular flexibility index (Phi) is 10.8. The number of rotatable bonds is 7. The number of benzene rings is 1. The standard InChI is InChI=1S/C15H23F3N4.HI/c1-19-14(21-11-9-15(16,17)18)20-10-6-12-22(2)13-7-4-3-5-8-13;/h3-5,7-8H,6,9-12H2,1-2H3,(H2,19,20,21);1H. The summed E-state index contributed by atoms with van der Waals surface area (Å²) in [4.78, 5) is 6.02. The summed E-state index contributed by atoms with van der Waals surface area (Å²) in [7, 11) is 3.55. The van der Waals surface area contributed by atoms with Gasteiger partial charge in [-0.2, -0.15) is 13.2 Å². The van der Waals surface area contributed by atoms with Crippen molar-refractivity contribution in [3.05, 3.63) is 30.3 Å². The Morgan fingerprint density at radius 2 is 1.74 bits per heavy atom. The lowest BCUT2D eigenvalue weighted by Gasteiger charge is -2.19. The third kappa shape index (κ3) is 10.2. The van der Waals surface area contributed by atoms with Gasteiger partial charge in [-0.15, -0.1) is 24.0 Å². The fourth-order valence-electron chi connectivity index (χ4n) is 1.88. The van der Waals surface area contributed by atoms with Crippen molar-refractivity contribution in [2.75, 3.05) is 38.6 Å². The summed E-state index contributed by atoms with van der Waals surface area (Å²) in [6.07, 6.45) is -4.17. The van der Waals surface area contributed by atoms with Crippen molar-refractivity contribution in [1.82, 2.24) is 10.6 Å². The number of hydrogen-bond acceptors (Lipinski definition) is 2. The lowest BCUT2D eigenvalue weighted by molar-refractivity contribution is -0.132. The number of hydrogen-bond donors (Lipinski definition) is 2. The lowest BCUT2D eigenvalue weighted by atomic mass is 10.3. The second-order valence-corrected chi connectivity index (χ2v) is 4.90. The third-order valence-electron chi connectivity index (χ3n) is 3.08. The van der Waals surface area contributed by atoms with Gasteiger partial charge in [0.05, 0.1) is 6.42 Å². The van der Waals surface area contributed by atoms with E-state index in [1.165, 1.54) is 0 Å². The van der Waals surface area contributed by atoms with Crippen LogP contribution in [0.25, 0.3) is 0 Å². The summed E-state index contributed by atoms with van der Waals surface area (Å²) >= 11 is 0. The molecule has 0 atom stereocenters. The van der Waals surface area contributed by atoms with E-state index < -0.39 is 12.6 Å². The number of nitrogens with one attached hydrogen (secondary N) is 2. The number of guanidine groups is 1. The topological polar surface area (TPSA) is 39.7 Å². The van der Waals surface area contributed by atoms with E-state index >= 15 is 0 Å². The molecule has 8 heteroatoms. The number of anilines is 1. The Bertz CT molecular complexity index is 452. The van der Waals surface area contributed by atoms with Crippen molar-refractivity contribution in [3.8, 4) is 0 Å². The molecular formula is C15H24F3IN4. The summed E-state index contributed by atoms with van der Waals surface area (Å²) < 4.78 is 36.2. The Morgan fingerprint density at radius 1 is 1.13 bits per heavy atom. The summed E-state index contributed by atoms with van der Waals surface area (Å²) in [5, 5.41) is 5.66. The smallest absolute Gasteiger partial charge is 0.375 e. The van der Waals surface area contributed by atoms with E-state index in [0.717, 1.165) is 18.7 Å². The van der Waals surface area contributed by atoms with Gasteiger partial charge in [0, 0.05) is 39.4 Å². The summed E-state index contributed by atoms with van der Waals surface area (Å²) in [6, 6.07) is 10.00. The summed E-state index contributed by atoms with van der Waals surface area (Å²) in [5.41, 5.74) is 1.13. The highest BCUT2D eigenvalue weighted by Crippen LogP contribution is 2.18. The second-order valence-electron chi connectivity index (χ2n) is 4.90. The molecule has 0 fully saturated rings. The fraction of sp³-hybridized carbons (Fsp3) is 0.533. The largest absolute Gasteiger partial charge is 0.390 e. The van der Waals surface area contributed by atoms with Crippen molar-refractivity contribution in [2.45, 2.75) is 19.0 Å². The Balaban J connectivity index is 0.00000484. The third-order valence-corrected chi connectivity index (χ3v) is 3.08. The zero-order valence-electron chi connectivity index (χ0n) is 13.4. The predicted molar refractivity (Wildman–Crippen MR) is 99.8 cm³/mol. The van der Waals surface area contributed by atoms with Gasteiger partial charge < -0.3 is 15.5 Å². The molecule has 0 saturated carbocycles. The monoisotopic (exact) mass is 444 g/mol. The second kappa shape index (κ2) is 11.4. The Labute approximate surface area is 152 Å².